The Kier molecular flexibility index (Phi) is 7.84. The summed E-state index contributed by atoms with van der Waals surface area (Å²) in [5, 5.41) is 8.90. The Morgan fingerprint density at radius 3 is 2.14 bits per heavy atom. The van der Waals surface area contributed by atoms with Gasteiger partial charge >= 0.3 is 0 Å². The van der Waals surface area contributed by atoms with E-state index in [1.807, 2.05) is 66.9 Å². The van der Waals surface area contributed by atoms with Crippen molar-refractivity contribution in [1.29, 1.82) is 0 Å². The quantitative estimate of drug-likeness (QED) is 0.311. The lowest BCUT2D eigenvalue weighted by Gasteiger charge is -2.22. The lowest BCUT2D eigenvalue weighted by atomic mass is 10.2. The molecule has 0 spiro atoms. The minimum Gasteiger partial charge on any atom is -0.494 e. The fraction of sp³-hybridized carbons (Fsp3) is 0.280. The van der Waals surface area contributed by atoms with E-state index in [4.69, 9.17) is 14.2 Å². The van der Waals surface area contributed by atoms with Crippen LogP contribution in [0.5, 0.6) is 11.5 Å². The second-order valence-corrected chi connectivity index (χ2v) is 8.94. The molecule has 10 heteroatoms. The average Bonchev–Trinajstić information content (AvgIpc) is 3.32. The number of anilines is 1. The number of aromatic nitrogens is 5. The van der Waals surface area contributed by atoms with Gasteiger partial charge in [0.2, 0.25) is 5.95 Å². The van der Waals surface area contributed by atoms with Crippen molar-refractivity contribution < 1.29 is 14.2 Å². The molecule has 0 aliphatic rings. The monoisotopic (exact) mass is 492 g/mol. The molecule has 35 heavy (non-hydrogen) atoms. The number of methoxy groups -OCH3 is 3. The Labute approximate surface area is 209 Å². The van der Waals surface area contributed by atoms with Crippen LogP contribution in [-0.2, 0) is 4.74 Å². The summed E-state index contributed by atoms with van der Waals surface area (Å²) in [6.07, 6.45) is 3.25. The van der Waals surface area contributed by atoms with Gasteiger partial charge in [-0.25, -0.2) is 9.97 Å². The molecule has 4 rings (SSSR count). The Bertz CT molecular complexity index is 1230. The van der Waals surface area contributed by atoms with Crippen LogP contribution in [-0.4, -0.2) is 51.3 Å². The van der Waals surface area contributed by atoms with Crippen molar-refractivity contribution in [2.24, 2.45) is 0 Å². The molecule has 1 unspecified atom stereocenters. The van der Waals surface area contributed by atoms with Crippen LogP contribution < -0.4 is 14.2 Å². The Morgan fingerprint density at radius 2 is 1.54 bits per heavy atom. The summed E-state index contributed by atoms with van der Waals surface area (Å²) in [5.41, 5.74) is 2.60. The van der Waals surface area contributed by atoms with Crippen LogP contribution in [0.2, 0.25) is 0 Å². The van der Waals surface area contributed by atoms with Crippen molar-refractivity contribution in [3.05, 3.63) is 72.3 Å². The molecule has 0 amide bonds. The SMILES string of the molecule is COc1cccc(OC)c1-n1c(NS[C@@H](C)C(OC)c2ncc(C)cn2)nnc1-c1ccccc1. The summed E-state index contributed by atoms with van der Waals surface area (Å²) in [5.74, 6) is 3.05. The maximum Gasteiger partial charge on any atom is 0.239 e. The minimum absolute atomic E-state index is 0.0485. The number of nitrogens with one attached hydrogen (secondary N) is 1. The van der Waals surface area contributed by atoms with Crippen molar-refractivity contribution in [3.8, 4) is 28.6 Å². The average molecular weight is 493 g/mol. The van der Waals surface area contributed by atoms with Crippen LogP contribution in [0.4, 0.5) is 5.95 Å². The predicted molar refractivity (Wildman–Crippen MR) is 137 cm³/mol. The molecule has 0 bridgehead atoms. The molecule has 0 saturated heterocycles. The summed E-state index contributed by atoms with van der Waals surface area (Å²) in [6.45, 7) is 3.99. The Balaban J connectivity index is 1.71. The summed E-state index contributed by atoms with van der Waals surface area (Å²) in [6, 6.07) is 15.5. The van der Waals surface area contributed by atoms with E-state index in [2.05, 4.69) is 24.9 Å². The number of rotatable bonds is 10. The first-order valence-corrected chi connectivity index (χ1v) is 11.9. The molecule has 9 nitrogen and oxygen atoms in total. The zero-order chi connectivity index (χ0) is 24.8. The van der Waals surface area contributed by atoms with Crippen LogP contribution in [0.1, 0.15) is 24.4 Å². The highest BCUT2D eigenvalue weighted by molar-refractivity contribution is 8.01. The summed E-state index contributed by atoms with van der Waals surface area (Å²) in [4.78, 5) is 8.87. The second-order valence-electron chi connectivity index (χ2n) is 7.76. The summed E-state index contributed by atoms with van der Waals surface area (Å²) < 4.78 is 22.3. The van der Waals surface area contributed by atoms with E-state index in [1.165, 1.54) is 11.9 Å². The molecule has 0 radical (unpaired) electrons. The van der Waals surface area contributed by atoms with Crippen LogP contribution in [0.3, 0.4) is 0 Å². The first-order valence-electron chi connectivity index (χ1n) is 11.0. The Hall–Kier alpha value is -3.63. The molecular formula is C25H28N6O3S. The van der Waals surface area contributed by atoms with Crippen molar-refractivity contribution in [3.63, 3.8) is 0 Å². The van der Waals surface area contributed by atoms with E-state index in [1.54, 1.807) is 33.7 Å². The zero-order valence-corrected chi connectivity index (χ0v) is 21.1. The summed E-state index contributed by atoms with van der Waals surface area (Å²) >= 11 is 1.45. The number of hydrogen-bond donors (Lipinski definition) is 1. The van der Waals surface area contributed by atoms with Gasteiger partial charge in [0.15, 0.2) is 11.6 Å². The number of nitrogens with zero attached hydrogens (tertiary/aromatic N) is 5. The van der Waals surface area contributed by atoms with Gasteiger partial charge in [-0.05, 0) is 43.5 Å². The molecule has 0 aliphatic heterocycles. The van der Waals surface area contributed by atoms with Crippen LogP contribution in [0.25, 0.3) is 17.1 Å². The van der Waals surface area contributed by atoms with Gasteiger partial charge in [-0.2, -0.15) is 0 Å². The maximum absolute atomic E-state index is 5.72. The van der Waals surface area contributed by atoms with Gasteiger partial charge in [0.05, 0.1) is 19.5 Å². The van der Waals surface area contributed by atoms with Crippen molar-refractivity contribution >= 4 is 17.9 Å². The van der Waals surface area contributed by atoms with E-state index in [-0.39, 0.29) is 11.4 Å². The zero-order valence-electron chi connectivity index (χ0n) is 20.3. The van der Waals surface area contributed by atoms with E-state index >= 15 is 0 Å². The first kappa shape index (κ1) is 24.5. The molecule has 2 atom stereocenters. The topological polar surface area (TPSA) is 96.2 Å². The van der Waals surface area contributed by atoms with Crippen molar-refractivity contribution in [1.82, 2.24) is 24.7 Å². The lowest BCUT2D eigenvalue weighted by Crippen LogP contribution is -2.19. The summed E-state index contributed by atoms with van der Waals surface area (Å²) in [7, 11) is 4.90. The normalized spacial score (nSPS) is 12.7. The number of hydrogen-bond acceptors (Lipinski definition) is 9. The Morgan fingerprint density at radius 1 is 0.886 bits per heavy atom. The minimum atomic E-state index is -0.320. The van der Waals surface area contributed by atoms with Gasteiger partial charge in [0.25, 0.3) is 0 Å². The fourth-order valence-electron chi connectivity index (χ4n) is 3.65. The van der Waals surface area contributed by atoms with Crippen LogP contribution >= 0.6 is 11.9 Å². The molecular weight excluding hydrogens is 464 g/mol. The van der Waals surface area contributed by atoms with Crippen molar-refractivity contribution in [2.45, 2.75) is 25.2 Å². The van der Waals surface area contributed by atoms with E-state index in [0.29, 0.717) is 34.8 Å². The number of para-hydroxylation sites is 1. The van der Waals surface area contributed by atoms with Crippen LogP contribution in [0.15, 0.2) is 60.9 Å². The van der Waals surface area contributed by atoms with Gasteiger partial charge in [-0.15, -0.1) is 10.2 Å². The third-order valence-electron chi connectivity index (χ3n) is 5.39. The predicted octanol–water partition coefficient (Wildman–Crippen LogP) is 4.89. The van der Waals surface area contributed by atoms with Gasteiger partial charge in [0, 0.05) is 25.1 Å². The van der Waals surface area contributed by atoms with Gasteiger partial charge in [0.1, 0.15) is 23.3 Å². The highest BCUT2D eigenvalue weighted by Gasteiger charge is 2.26. The standard InChI is InChI=1S/C25H28N6O3S/c1-16-14-26-23(27-15-16)22(34-5)17(2)35-30-25-29-28-24(18-10-7-6-8-11-18)31(25)21-19(32-3)12-9-13-20(21)33-4/h6-15,17,22H,1-5H3,(H,29,30)/t17-,22?/m0/s1. The molecule has 4 aromatic rings. The van der Waals surface area contributed by atoms with Gasteiger partial charge in [-0.3, -0.25) is 9.29 Å². The van der Waals surface area contributed by atoms with Crippen molar-refractivity contribution in [2.75, 3.05) is 26.1 Å². The van der Waals surface area contributed by atoms with Crippen LogP contribution in [0, 0.1) is 6.92 Å². The molecule has 2 aromatic carbocycles. The number of benzene rings is 2. The lowest BCUT2D eigenvalue weighted by molar-refractivity contribution is 0.0972. The number of aryl methyl sites for hydroxylation is 1. The fourth-order valence-corrected chi connectivity index (χ4v) is 4.43. The smallest absolute Gasteiger partial charge is 0.239 e. The molecule has 0 aliphatic carbocycles. The highest BCUT2D eigenvalue weighted by Crippen LogP contribution is 2.38. The third kappa shape index (κ3) is 5.23. The highest BCUT2D eigenvalue weighted by atomic mass is 32.2. The molecule has 2 aromatic heterocycles. The maximum atomic E-state index is 5.72. The van der Waals surface area contributed by atoms with E-state index in [0.717, 1.165) is 11.1 Å². The third-order valence-corrected chi connectivity index (χ3v) is 6.31. The largest absolute Gasteiger partial charge is 0.494 e. The molecule has 2 heterocycles. The number of ether oxygens (including phenoxy) is 3. The van der Waals surface area contributed by atoms with E-state index < -0.39 is 0 Å². The van der Waals surface area contributed by atoms with E-state index in [9.17, 15) is 0 Å². The van der Waals surface area contributed by atoms with Gasteiger partial charge in [-0.1, -0.05) is 36.4 Å². The molecule has 0 fully saturated rings. The van der Waals surface area contributed by atoms with Gasteiger partial charge < -0.3 is 14.2 Å². The first-order chi connectivity index (χ1) is 17.1. The second kappa shape index (κ2) is 11.2. The molecule has 182 valence electrons. The molecule has 1 N–H and O–H groups in total. The molecule has 0 saturated carbocycles.